The zero-order chi connectivity index (χ0) is 13.8. The average Bonchev–Trinajstić information content (AvgIpc) is 2.84. The Morgan fingerprint density at radius 1 is 1.26 bits per heavy atom. The van der Waals surface area contributed by atoms with E-state index >= 15 is 0 Å². The summed E-state index contributed by atoms with van der Waals surface area (Å²) in [7, 11) is 0. The van der Waals surface area contributed by atoms with Crippen molar-refractivity contribution < 1.29 is 4.79 Å². The van der Waals surface area contributed by atoms with E-state index in [1.165, 1.54) is 6.92 Å². The zero-order valence-corrected chi connectivity index (χ0v) is 11.4. The van der Waals surface area contributed by atoms with Crippen LogP contribution in [0.4, 0.5) is 0 Å². The second kappa shape index (κ2) is 5.66. The van der Waals surface area contributed by atoms with Crippen molar-refractivity contribution in [3.05, 3.63) is 40.9 Å². The molecule has 98 valence electrons. The molecule has 1 aromatic heterocycles. The van der Waals surface area contributed by atoms with Crippen LogP contribution in [0.2, 0.25) is 0 Å². The van der Waals surface area contributed by atoms with Crippen LogP contribution in [0, 0.1) is 0 Å². The topological polar surface area (TPSA) is 86.7 Å². The van der Waals surface area contributed by atoms with E-state index < -0.39 is 0 Å². The molecule has 19 heavy (non-hydrogen) atoms. The molecule has 0 unspecified atom stereocenters. The molecule has 0 aliphatic rings. The lowest BCUT2D eigenvalue weighted by atomic mass is 10.3. The molecule has 6 nitrogen and oxygen atoms in total. The van der Waals surface area contributed by atoms with Crippen molar-refractivity contribution in [1.29, 1.82) is 0 Å². The molecule has 0 bridgehead atoms. The van der Waals surface area contributed by atoms with E-state index in [1.54, 1.807) is 11.6 Å². The molecule has 0 saturated carbocycles. The second-order valence-corrected chi connectivity index (χ2v) is 4.86. The summed E-state index contributed by atoms with van der Waals surface area (Å²) in [4.78, 5) is 12.0. The smallest absolute Gasteiger partial charge is 0.219 e. The molecule has 0 atom stereocenters. The number of ketones is 1. The van der Waals surface area contributed by atoms with Crippen molar-refractivity contribution in [2.75, 3.05) is 0 Å². The van der Waals surface area contributed by atoms with Gasteiger partial charge in [-0.15, -0.1) is 5.10 Å². The SMILES string of the molecule is CC(=O)/C(Sc1nnnn1-c1ccccc1)=C(\C)N. The molecule has 7 heteroatoms. The van der Waals surface area contributed by atoms with E-state index in [4.69, 9.17) is 5.73 Å². The zero-order valence-electron chi connectivity index (χ0n) is 10.6. The molecule has 2 aromatic rings. The first-order valence-corrected chi connectivity index (χ1v) is 6.40. The molecule has 2 rings (SSSR count). The number of nitrogens with two attached hydrogens (primary N) is 1. The Balaban J connectivity index is 2.36. The molecule has 1 aromatic carbocycles. The van der Waals surface area contributed by atoms with Crippen LogP contribution in [-0.4, -0.2) is 26.0 Å². The molecule has 0 amide bonds. The minimum atomic E-state index is -0.104. The first kappa shape index (κ1) is 13.3. The summed E-state index contributed by atoms with van der Waals surface area (Å²) in [5, 5.41) is 12.0. The third kappa shape index (κ3) is 3.00. The number of tetrazole rings is 1. The Hall–Kier alpha value is -2.15. The van der Waals surface area contributed by atoms with Crippen LogP contribution < -0.4 is 5.73 Å². The molecule has 2 N–H and O–H groups in total. The van der Waals surface area contributed by atoms with Crippen LogP contribution in [-0.2, 0) is 4.79 Å². The van der Waals surface area contributed by atoms with Crippen molar-refractivity contribution in [3.8, 4) is 5.69 Å². The summed E-state index contributed by atoms with van der Waals surface area (Å²) in [6.45, 7) is 3.15. The van der Waals surface area contributed by atoms with Gasteiger partial charge in [0.2, 0.25) is 5.16 Å². The van der Waals surface area contributed by atoms with Gasteiger partial charge in [0.1, 0.15) is 0 Å². The largest absolute Gasteiger partial charge is 0.401 e. The van der Waals surface area contributed by atoms with Crippen LogP contribution in [0.1, 0.15) is 13.8 Å². The molecule has 0 aliphatic heterocycles. The Morgan fingerprint density at radius 3 is 2.53 bits per heavy atom. The highest BCUT2D eigenvalue weighted by Gasteiger charge is 2.15. The molecule has 0 radical (unpaired) electrons. The summed E-state index contributed by atoms with van der Waals surface area (Å²) in [5.41, 5.74) is 6.99. The quantitative estimate of drug-likeness (QED) is 0.672. The number of Topliss-reactive ketones (excluding diaryl/α,β-unsaturated/α-hetero) is 1. The highest BCUT2D eigenvalue weighted by Crippen LogP contribution is 2.27. The molecule has 0 aliphatic carbocycles. The monoisotopic (exact) mass is 275 g/mol. The van der Waals surface area contributed by atoms with E-state index in [0.29, 0.717) is 15.8 Å². The number of rotatable bonds is 4. The number of para-hydroxylation sites is 1. The number of carbonyl (C=O) groups excluding carboxylic acids is 1. The van der Waals surface area contributed by atoms with Crippen molar-refractivity contribution in [1.82, 2.24) is 20.2 Å². The minimum Gasteiger partial charge on any atom is -0.401 e. The van der Waals surface area contributed by atoms with E-state index in [1.807, 2.05) is 30.3 Å². The normalized spacial score (nSPS) is 12.1. The summed E-state index contributed by atoms with van der Waals surface area (Å²) in [5.74, 6) is -0.104. The van der Waals surface area contributed by atoms with Gasteiger partial charge in [0, 0.05) is 5.70 Å². The Kier molecular flexibility index (Phi) is 3.96. The Bertz CT molecular complexity index is 616. The molecule has 1 heterocycles. The van der Waals surface area contributed by atoms with Crippen LogP contribution in [0.3, 0.4) is 0 Å². The number of nitrogens with zero attached hydrogens (tertiary/aromatic N) is 4. The predicted molar refractivity (Wildman–Crippen MR) is 72.6 cm³/mol. The molecular formula is C12H13N5OS. The summed E-state index contributed by atoms with van der Waals surface area (Å²) in [6, 6.07) is 9.45. The molecule has 0 spiro atoms. The van der Waals surface area contributed by atoms with Gasteiger partial charge in [-0.3, -0.25) is 4.79 Å². The number of carbonyl (C=O) groups is 1. The van der Waals surface area contributed by atoms with E-state index in [-0.39, 0.29) is 5.78 Å². The molecule has 0 saturated heterocycles. The van der Waals surface area contributed by atoms with Gasteiger partial charge in [-0.2, -0.15) is 4.68 Å². The van der Waals surface area contributed by atoms with Gasteiger partial charge in [-0.1, -0.05) is 18.2 Å². The summed E-state index contributed by atoms with van der Waals surface area (Å²) < 4.78 is 1.57. The summed E-state index contributed by atoms with van der Waals surface area (Å²) >= 11 is 1.16. The van der Waals surface area contributed by atoms with Crippen LogP contribution in [0.25, 0.3) is 5.69 Å². The summed E-state index contributed by atoms with van der Waals surface area (Å²) in [6.07, 6.45) is 0. The highest BCUT2D eigenvalue weighted by atomic mass is 32.2. The minimum absolute atomic E-state index is 0.104. The van der Waals surface area contributed by atoms with Gasteiger partial charge in [0.25, 0.3) is 0 Å². The molecular weight excluding hydrogens is 262 g/mol. The Morgan fingerprint density at radius 2 is 1.95 bits per heavy atom. The maximum absolute atomic E-state index is 11.5. The van der Waals surface area contributed by atoms with Gasteiger partial charge in [-0.25, -0.2) is 0 Å². The predicted octanol–water partition coefficient (Wildman–Crippen LogP) is 1.53. The maximum Gasteiger partial charge on any atom is 0.219 e. The first-order valence-electron chi connectivity index (χ1n) is 5.58. The number of aromatic nitrogens is 4. The Labute approximate surface area is 114 Å². The fourth-order valence-corrected chi connectivity index (χ4v) is 2.29. The van der Waals surface area contributed by atoms with Gasteiger partial charge in [0.15, 0.2) is 5.78 Å². The lowest BCUT2D eigenvalue weighted by Gasteiger charge is -2.06. The number of allylic oxidation sites excluding steroid dienone is 2. The number of thioether (sulfide) groups is 1. The fourth-order valence-electron chi connectivity index (χ4n) is 1.50. The van der Waals surface area contributed by atoms with Crippen molar-refractivity contribution >= 4 is 17.5 Å². The van der Waals surface area contributed by atoms with Crippen LogP contribution >= 0.6 is 11.8 Å². The van der Waals surface area contributed by atoms with Crippen molar-refractivity contribution in [2.45, 2.75) is 19.0 Å². The van der Waals surface area contributed by atoms with Crippen molar-refractivity contribution in [3.63, 3.8) is 0 Å². The first-order chi connectivity index (χ1) is 9.09. The van der Waals surface area contributed by atoms with E-state index in [0.717, 1.165) is 17.4 Å². The number of hydrogen-bond acceptors (Lipinski definition) is 6. The number of hydrogen-bond donors (Lipinski definition) is 1. The standard InChI is InChI=1S/C12H13N5OS/c1-8(13)11(9(2)18)19-12-14-15-16-17(12)10-6-4-3-5-7-10/h3-7H,13H2,1-2H3/b11-8-. The fraction of sp³-hybridized carbons (Fsp3) is 0.167. The van der Waals surface area contributed by atoms with Crippen LogP contribution in [0.5, 0.6) is 0 Å². The lowest BCUT2D eigenvalue weighted by Crippen LogP contribution is -2.05. The van der Waals surface area contributed by atoms with Gasteiger partial charge >= 0.3 is 0 Å². The van der Waals surface area contributed by atoms with Crippen molar-refractivity contribution in [2.24, 2.45) is 5.73 Å². The van der Waals surface area contributed by atoms with Crippen LogP contribution in [0.15, 0.2) is 46.1 Å². The maximum atomic E-state index is 11.5. The lowest BCUT2D eigenvalue weighted by molar-refractivity contribution is -0.113. The number of benzene rings is 1. The van der Waals surface area contributed by atoms with E-state index in [2.05, 4.69) is 15.5 Å². The second-order valence-electron chi connectivity index (χ2n) is 3.88. The third-order valence-corrected chi connectivity index (χ3v) is 3.56. The third-order valence-electron chi connectivity index (χ3n) is 2.31. The highest BCUT2D eigenvalue weighted by molar-refractivity contribution is 8.03. The van der Waals surface area contributed by atoms with Gasteiger partial charge in [0.05, 0.1) is 10.6 Å². The van der Waals surface area contributed by atoms with E-state index in [9.17, 15) is 4.79 Å². The average molecular weight is 275 g/mol. The van der Waals surface area contributed by atoms with Gasteiger partial charge in [-0.05, 0) is 48.2 Å². The van der Waals surface area contributed by atoms with Gasteiger partial charge < -0.3 is 5.73 Å². The molecule has 0 fully saturated rings.